The van der Waals surface area contributed by atoms with E-state index in [-0.39, 0.29) is 21.3 Å². The molecule has 0 saturated carbocycles. The minimum atomic E-state index is -0.623. The molecule has 0 heterocycles. The average molecular weight is 254 g/mol. The molecular formula is C12H8F2O2S. The molecule has 0 atom stereocenters. The zero-order valence-corrected chi connectivity index (χ0v) is 9.34. The van der Waals surface area contributed by atoms with Crippen LogP contribution in [0.2, 0.25) is 0 Å². The maximum absolute atomic E-state index is 13.4. The predicted octanol–water partition coefficient (Wildman–Crippen LogP) is 3.53. The summed E-state index contributed by atoms with van der Waals surface area (Å²) in [5, 5.41) is 18.1. The van der Waals surface area contributed by atoms with Crippen molar-refractivity contribution in [2.75, 3.05) is 0 Å². The number of hydrogen-bond donors (Lipinski definition) is 2. The first-order valence-electron chi connectivity index (χ1n) is 4.71. The molecule has 0 amide bonds. The van der Waals surface area contributed by atoms with E-state index in [4.69, 9.17) is 10.2 Å². The van der Waals surface area contributed by atoms with E-state index in [1.165, 1.54) is 24.3 Å². The fourth-order valence-electron chi connectivity index (χ4n) is 1.26. The van der Waals surface area contributed by atoms with Gasteiger partial charge >= 0.3 is 0 Å². The Labute approximate surface area is 101 Å². The molecule has 0 unspecified atom stereocenters. The van der Waals surface area contributed by atoms with Crippen LogP contribution in [0.3, 0.4) is 0 Å². The Morgan fingerprint density at radius 2 is 1.18 bits per heavy atom. The van der Waals surface area contributed by atoms with E-state index < -0.39 is 11.6 Å². The molecule has 0 fully saturated rings. The van der Waals surface area contributed by atoms with Crippen LogP contribution in [0.25, 0.3) is 0 Å². The summed E-state index contributed by atoms with van der Waals surface area (Å²) < 4.78 is 26.8. The van der Waals surface area contributed by atoms with Crippen LogP contribution in [0.4, 0.5) is 8.78 Å². The van der Waals surface area contributed by atoms with Crippen molar-refractivity contribution in [1.82, 2.24) is 0 Å². The smallest absolute Gasteiger partial charge is 0.140 e. The molecule has 2 rings (SSSR count). The van der Waals surface area contributed by atoms with E-state index >= 15 is 0 Å². The first kappa shape index (κ1) is 11.7. The van der Waals surface area contributed by atoms with Gasteiger partial charge in [0.15, 0.2) is 0 Å². The lowest BCUT2D eigenvalue weighted by Crippen LogP contribution is -1.84. The van der Waals surface area contributed by atoms with Crippen molar-refractivity contribution in [3.05, 3.63) is 48.0 Å². The third-order valence-electron chi connectivity index (χ3n) is 2.05. The summed E-state index contributed by atoms with van der Waals surface area (Å²) in [5.41, 5.74) is 0. The minimum absolute atomic E-state index is 0.182. The highest BCUT2D eigenvalue weighted by Gasteiger charge is 2.09. The molecule has 0 saturated heterocycles. The molecule has 0 aromatic heterocycles. The predicted molar refractivity (Wildman–Crippen MR) is 60.3 cm³/mol. The van der Waals surface area contributed by atoms with Crippen molar-refractivity contribution in [3.8, 4) is 11.5 Å². The van der Waals surface area contributed by atoms with Crippen LogP contribution in [-0.4, -0.2) is 10.2 Å². The van der Waals surface area contributed by atoms with Crippen molar-refractivity contribution in [2.45, 2.75) is 9.79 Å². The van der Waals surface area contributed by atoms with Gasteiger partial charge in [-0.1, -0.05) is 11.8 Å². The van der Waals surface area contributed by atoms with Crippen LogP contribution >= 0.6 is 11.8 Å². The third-order valence-corrected chi connectivity index (χ3v) is 3.15. The summed E-state index contributed by atoms with van der Waals surface area (Å²) >= 11 is 0.886. The summed E-state index contributed by atoms with van der Waals surface area (Å²) in [4.78, 5) is 0.403. The van der Waals surface area contributed by atoms with Crippen molar-refractivity contribution >= 4 is 11.8 Å². The van der Waals surface area contributed by atoms with Crippen molar-refractivity contribution < 1.29 is 19.0 Å². The topological polar surface area (TPSA) is 40.5 Å². The first-order chi connectivity index (χ1) is 8.06. The lowest BCUT2D eigenvalue weighted by molar-refractivity contribution is 0.466. The average Bonchev–Trinajstić information content (AvgIpc) is 2.25. The first-order valence-corrected chi connectivity index (χ1v) is 5.53. The van der Waals surface area contributed by atoms with Gasteiger partial charge in [0, 0.05) is 21.9 Å². The van der Waals surface area contributed by atoms with Crippen molar-refractivity contribution in [1.29, 1.82) is 0 Å². The van der Waals surface area contributed by atoms with Crippen LogP contribution in [0.15, 0.2) is 46.2 Å². The van der Waals surface area contributed by atoms with Gasteiger partial charge in [-0.3, -0.25) is 0 Å². The molecule has 17 heavy (non-hydrogen) atoms. The zero-order chi connectivity index (χ0) is 12.4. The van der Waals surface area contributed by atoms with E-state index in [9.17, 15) is 8.78 Å². The lowest BCUT2D eigenvalue weighted by atomic mass is 10.3. The van der Waals surface area contributed by atoms with E-state index in [0.29, 0.717) is 0 Å². The molecular weight excluding hydrogens is 246 g/mol. The third kappa shape index (κ3) is 2.68. The van der Waals surface area contributed by atoms with E-state index in [0.717, 1.165) is 23.9 Å². The standard InChI is InChI=1S/C12H8F2O2S/c13-9-5-7(15)1-3-11(9)17-12-4-2-8(16)6-10(12)14/h1-6,15-16H. The Balaban J connectivity index is 2.31. The molecule has 5 heteroatoms. The summed E-state index contributed by atoms with van der Waals surface area (Å²) in [6, 6.07) is 7.29. The van der Waals surface area contributed by atoms with E-state index in [1.54, 1.807) is 0 Å². The molecule has 2 aromatic rings. The SMILES string of the molecule is Oc1ccc(Sc2ccc(O)cc2F)c(F)c1. The van der Waals surface area contributed by atoms with E-state index in [2.05, 4.69) is 0 Å². The summed E-state index contributed by atoms with van der Waals surface area (Å²) in [6.45, 7) is 0. The van der Waals surface area contributed by atoms with Gasteiger partial charge in [-0.15, -0.1) is 0 Å². The minimum Gasteiger partial charge on any atom is -0.508 e. The Hall–Kier alpha value is -1.75. The van der Waals surface area contributed by atoms with Gasteiger partial charge < -0.3 is 10.2 Å². The largest absolute Gasteiger partial charge is 0.508 e. The number of benzene rings is 2. The maximum Gasteiger partial charge on any atom is 0.140 e. The van der Waals surface area contributed by atoms with Crippen LogP contribution < -0.4 is 0 Å². The Morgan fingerprint density at radius 1 is 0.765 bits per heavy atom. The van der Waals surface area contributed by atoms with Crippen LogP contribution in [-0.2, 0) is 0 Å². The molecule has 88 valence electrons. The van der Waals surface area contributed by atoms with Gasteiger partial charge in [0.25, 0.3) is 0 Å². The van der Waals surface area contributed by atoms with E-state index in [1.807, 2.05) is 0 Å². The molecule has 0 radical (unpaired) electrons. The van der Waals surface area contributed by atoms with Gasteiger partial charge in [0.2, 0.25) is 0 Å². The molecule has 0 spiro atoms. The fraction of sp³-hybridized carbons (Fsp3) is 0. The second kappa shape index (κ2) is 4.63. The molecule has 2 nitrogen and oxygen atoms in total. The van der Waals surface area contributed by atoms with Gasteiger partial charge in [-0.05, 0) is 24.3 Å². The highest BCUT2D eigenvalue weighted by atomic mass is 32.2. The number of halogens is 2. The van der Waals surface area contributed by atoms with Crippen molar-refractivity contribution in [3.63, 3.8) is 0 Å². The number of hydrogen-bond acceptors (Lipinski definition) is 3. The molecule has 0 aliphatic rings. The van der Waals surface area contributed by atoms with Gasteiger partial charge in [-0.2, -0.15) is 0 Å². The summed E-state index contributed by atoms with van der Waals surface area (Å²) in [6.07, 6.45) is 0. The highest BCUT2D eigenvalue weighted by Crippen LogP contribution is 2.34. The highest BCUT2D eigenvalue weighted by molar-refractivity contribution is 7.99. The Kier molecular flexibility index (Phi) is 3.19. The Morgan fingerprint density at radius 3 is 1.53 bits per heavy atom. The molecule has 2 aromatic carbocycles. The Bertz CT molecular complexity index is 509. The molecule has 2 N–H and O–H groups in total. The van der Waals surface area contributed by atoms with Crippen molar-refractivity contribution in [2.24, 2.45) is 0 Å². The number of phenols is 2. The number of phenolic OH excluding ortho intramolecular Hbond substituents is 2. The fourth-order valence-corrected chi connectivity index (χ4v) is 2.09. The second-order valence-electron chi connectivity index (χ2n) is 3.33. The maximum atomic E-state index is 13.4. The van der Waals surface area contributed by atoms with Gasteiger partial charge in [0.1, 0.15) is 23.1 Å². The summed E-state index contributed by atoms with van der Waals surface area (Å²) in [5.74, 6) is -1.61. The second-order valence-corrected chi connectivity index (χ2v) is 4.42. The van der Waals surface area contributed by atoms with Gasteiger partial charge in [-0.25, -0.2) is 8.78 Å². The number of rotatable bonds is 2. The molecule has 0 aliphatic carbocycles. The lowest BCUT2D eigenvalue weighted by Gasteiger charge is -2.05. The van der Waals surface area contributed by atoms with Crippen LogP contribution in [0, 0.1) is 11.6 Å². The van der Waals surface area contributed by atoms with Crippen LogP contribution in [0.1, 0.15) is 0 Å². The van der Waals surface area contributed by atoms with Crippen LogP contribution in [0.5, 0.6) is 11.5 Å². The zero-order valence-electron chi connectivity index (χ0n) is 8.52. The summed E-state index contributed by atoms with van der Waals surface area (Å²) in [7, 11) is 0. The number of aromatic hydroxyl groups is 2. The normalized spacial score (nSPS) is 10.5. The van der Waals surface area contributed by atoms with Gasteiger partial charge in [0.05, 0.1) is 0 Å². The molecule has 0 bridgehead atoms. The molecule has 0 aliphatic heterocycles. The monoisotopic (exact) mass is 254 g/mol. The quantitative estimate of drug-likeness (QED) is 0.861.